The van der Waals surface area contributed by atoms with Crippen molar-refractivity contribution in [3.05, 3.63) is 49.3 Å². The summed E-state index contributed by atoms with van der Waals surface area (Å²) in [6, 6.07) is 1.07. The Balaban J connectivity index is 0.000000155. The van der Waals surface area contributed by atoms with Crippen LogP contribution in [-0.4, -0.2) is 75.3 Å². The van der Waals surface area contributed by atoms with E-state index in [9.17, 15) is 14.2 Å². The normalized spacial score (nSPS) is 19.6. The highest BCUT2D eigenvalue weighted by molar-refractivity contribution is 7.46. The zero-order chi connectivity index (χ0) is 23.4. The third-order valence-corrected chi connectivity index (χ3v) is 6.94. The second kappa shape index (κ2) is 8.72. The lowest BCUT2D eigenvalue weighted by Crippen LogP contribution is -2.29. The van der Waals surface area contributed by atoms with E-state index < -0.39 is 7.82 Å². The van der Waals surface area contributed by atoms with Crippen LogP contribution in [0, 0.1) is 0 Å². The minimum absolute atomic E-state index is 0.00546. The van der Waals surface area contributed by atoms with Crippen molar-refractivity contribution in [3.8, 4) is 5.75 Å². The summed E-state index contributed by atoms with van der Waals surface area (Å²) in [5.74, 6) is -0.281. The van der Waals surface area contributed by atoms with E-state index in [2.05, 4.69) is 4.52 Å². The minimum Gasteiger partial charge on any atom is -0.403 e. The van der Waals surface area contributed by atoms with Crippen molar-refractivity contribution in [1.82, 2.24) is 14.7 Å². The Morgan fingerprint density at radius 3 is 1.84 bits per heavy atom. The summed E-state index contributed by atoms with van der Waals surface area (Å²) in [6.07, 6.45) is 1.52. The number of phosphoric ester groups is 1. The molecular formula is C18H16Cl4N3O6P. The summed E-state index contributed by atoms with van der Waals surface area (Å²) >= 11 is 22.5. The number of allylic oxidation sites excluding steroid dienone is 1. The lowest BCUT2D eigenvalue weighted by molar-refractivity contribution is -0.117. The summed E-state index contributed by atoms with van der Waals surface area (Å²) < 4.78 is 14.8. The summed E-state index contributed by atoms with van der Waals surface area (Å²) in [5.41, 5.74) is 1.89. The Kier molecular flexibility index (Phi) is 6.46. The molecule has 3 saturated heterocycles. The zero-order valence-electron chi connectivity index (χ0n) is 16.2. The van der Waals surface area contributed by atoms with Crippen LogP contribution in [0.5, 0.6) is 5.75 Å². The fourth-order valence-electron chi connectivity index (χ4n) is 3.02. The Bertz CT molecular complexity index is 1120. The highest BCUT2D eigenvalue weighted by Crippen LogP contribution is 2.47. The summed E-state index contributed by atoms with van der Waals surface area (Å²) in [7, 11) is -4.71. The summed E-state index contributed by atoms with van der Waals surface area (Å²) in [5, 5.41) is -0.375. The fourth-order valence-corrected chi connectivity index (χ4v) is 4.30. The van der Waals surface area contributed by atoms with E-state index >= 15 is 0 Å². The highest BCUT2D eigenvalue weighted by atomic mass is 35.5. The minimum atomic E-state index is -4.71. The molecule has 0 radical (unpaired) electrons. The Hall–Kier alpha value is -1.45. The fraction of sp³-hybridized carbons (Fsp3) is 0.333. The molecule has 1 aliphatic carbocycles. The first-order valence-corrected chi connectivity index (χ1v) is 12.4. The van der Waals surface area contributed by atoms with Crippen molar-refractivity contribution < 1.29 is 28.5 Å². The first-order valence-electron chi connectivity index (χ1n) is 9.36. The molecule has 2 N–H and O–H groups in total. The van der Waals surface area contributed by atoms with Gasteiger partial charge in [-0.05, 0) is 0 Å². The maximum Gasteiger partial charge on any atom is 0.524 e. The number of phosphoric acid groups is 1. The smallest absolute Gasteiger partial charge is 0.403 e. The Morgan fingerprint density at radius 1 is 0.812 bits per heavy atom. The highest BCUT2D eigenvalue weighted by Gasteiger charge is 2.43. The van der Waals surface area contributed by atoms with Crippen LogP contribution in [0.3, 0.4) is 0 Å². The molecular weight excluding hydrogens is 527 g/mol. The molecule has 172 valence electrons. The molecule has 9 nitrogen and oxygen atoms in total. The Labute approximate surface area is 202 Å². The second-order valence-corrected chi connectivity index (χ2v) is 9.97. The molecule has 0 spiro atoms. The van der Waals surface area contributed by atoms with Gasteiger partial charge in [-0.2, -0.15) is 0 Å². The molecule has 4 aliphatic rings. The van der Waals surface area contributed by atoms with Crippen LogP contribution in [0.1, 0.15) is 0 Å². The van der Waals surface area contributed by atoms with Gasteiger partial charge in [0.05, 0.1) is 20.8 Å². The van der Waals surface area contributed by atoms with E-state index in [1.807, 2.05) is 14.7 Å². The topological polar surface area (TPSA) is 110 Å². The molecule has 3 fully saturated rings. The molecule has 0 bridgehead atoms. The van der Waals surface area contributed by atoms with Crippen LogP contribution >= 0.6 is 54.2 Å². The van der Waals surface area contributed by atoms with Crippen molar-refractivity contribution in [2.24, 2.45) is 0 Å². The van der Waals surface area contributed by atoms with Crippen molar-refractivity contribution in [2.45, 2.75) is 0 Å². The first-order chi connectivity index (χ1) is 15.0. The summed E-state index contributed by atoms with van der Waals surface area (Å²) in [6.45, 7) is 5.41. The van der Waals surface area contributed by atoms with E-state index in [4.69, 9.17) is 56.2 Å². The van der Waals surface area contributed by atoms with Gasteiger partial charge >= 0.3 is 7.82 Å². The predicted octanol–water partition coefficient (Wildman–Crippen LogP) is 2.95. The van der Waals surface area contributed by atoms with E-state index in [0.29, 0.717) is 17.1 Å². The van der Waals surface area contributed by atoms with Gasteiger partial charge in [0.15, 0.2) is 5.75 Å². The summed E-state index contributed by atoms with van der Waals surface area (Å²) in [4.78, 5) is 47.6. The van der Waals surface area contributed by atoms with Gasteiger partial charge in [0, 0.05) is 51.4 Å². The maximum absolute atomic E-state index is 12.4. The largest absolute Gasteiger partial charge is 0.524 e. The van der Waals surface area contributed by atoms with E-state index in [-0.39, 0.29) is 37.4 Å². The predicted molar refractivity (Wildman–Crippen MR) is 119 cm³/mol. The molecule has 5 rings (SSSR count). The van der Waals surface area contributed by atoms with Gasteiger partial charge < -0.3 is 19.2 Å². The van der Waals surface area contributed by atoms with Gasteiger partial charge in [-0.25, -0.2) is 4.57 Å². The van der Waals surface area contributed by atoms with Crippen molar-refractivity contribution in [2.75, 3.05) is 39.3 Å². The van der Waals surface area contributed by atoms with Crippen molar-refractivity contribution in [1.29, 1.82) is 0 Å². The molecule has 3 aliphatic heterocycles. The van der Waals surface area contributed by atoms with Crippen LogP contribution in [0.4, 0.5) is 0 Å². The average molecular weight is 543 g/mol. The molecule has 3 heterocycles. The molecule has 0 unspecified atom stereocenters. The monoisotopic (exact) mass is 541 g/mol. The number of hydrogen-bond donors (Lipinski definition) is 2. The molecule has 1 aromatic rings. The first kappa shape index (κ1) is 23.7. The average Bonchev–Trinajstić information content (AvgIpc) is 3.55. The van der Waals surface area contributed by atoms with Crippen LogP contribution in [0.25, 0.3) is 0 Å². The van der Waals surface area contributed by atoms with Crippen LogP contribution in [0.2, 0.25) is 20.1 Å². The van der Waals surface area contributed by atoms with Crippen molar-refractivity contribution in [3.63, 3.8) is 0 Å². The number of carbonyl (C=O) groups excluding carboxylic acids is 2. The number of halogens is 4. The Morgan fingerprint density at radius 2 is 1.34 bits per heavy atom. The van der Waals surface area contributed by atoms with Gasteiger partial charge in [-0.15, -0.1) is 0 Å². The molecule has 0 saturated carbocycles. The van der Waals surface area contributed by atoms with Crippen LogP contribution in [0.15, 0.2) is 29.2 Å². The standard InChI is InChI=1S/C12H13N3O2.C6H3Cl4O4P/c16-9-7-8(13-1-2-13)12(17)11(15-5-6-15)10(9)14-3-4-14;7-2-1-3(14-15(11,12)13)5(9)6(10)4(2)8/h7H,1-6H2;1H,(H2,11,12,13). The van der Waals surface area contributed by atoms with Gasteiger partial charge in [-0.1, -0.05) is 46.4 Å². The third kappa shape index (κ3) is 5.20. The van der Waals surface area contributed by atoms with Crippen LogP contribution in [-0.2, 0) is 14.2 Å². The number of ketones is 2. The van der Waals surface area contributed by atoms with Gasteiger partial charge in [-0.3, -0.25) is 19.4 Å². The lowest BCUT2D eigenvalue weighted by Gasteiger charge is -2.21. The molecule has 14 heteroatoms. The van der Waals surface area contributed by atoms with E-state index in [1.165, 1.54) is 6.08 Å². The number of rotatable bonds is 5. The molecule has 0 aromatic heterocycles. The van der Waals surface area contributed by atoms with Gasteiger partial charge in [0.25, 0.3) is 0 Å². The van der Waals surface area contributed by atoms with E-state index in [0.717, 1.165) is 45.3 Å². The molecule has 0 atom stereocenters. The number of nitrogens with zero attached hydrogens (tertiary/aromatic N) is 3. The number of hydrogen-bond acceptors (Lipinski definition) is 7. The molecule has 0 amide bonds. The molecule has 1 aromatic carbocycles. The lowest BCUT2D eigenvalue weighted by atomic mass is 10.0. The second-order valence-electron chi connectivity index (χ2n) is 7.26. The number of Topliss-reactive ketones (excluding diaryl/α,β-unsaturated/α-hetero) is 1. The number of benzene rings is 1. The van der Waals surface area contributed by atoms with Crippen LogP contribution < -0.4 is 4.52 Å². The van der Waals surface area contributed by atoms with Gasteiger partial charge in [0.2, 0.25) is 11.6 Å². The van der Waals surface area contributed by atoms with Crippen molar-refractivity contribution >= 4 is 65.8 Å². The zero-order valence-corrected chi connectivity index (χ0v) is 20.1. The third-order valence-electron chi connectivity index (χ3n) is 4.77. The van der Waals surface area contributed by atoms with E-state index in [1.54, 1.807) is 0 Å². The molecule has 32 heavy (non-hydrogen) atoms. The maximum atomic E-state index is 12.4. The van der Waals surface area contributed by atoms with Gasteiger partial charge in [0.1, 0.15) is 16.4 Å². The quantitative estimate of drug-likeness (QED) is 0.191. The number of carbonyl (C=O) groups is 2. The SMILES string of the molecule is O=C1C=C(N2CC2)C(=O)C(N2CC2)=C1N1CC1.O=P(O)(O)Oc1cc(Cl)c(Cl)c(Cl)c1Cl.